The molecule has 0 amide bonds. The van der Waals surface area contributed by atoms with Crippen LogP contribution in [0.2, 0.25) is 0 Å². The van der Waals surface area contributed by atoms with Crippen LogP contribution in [0.5, 0.6) is 0 Å². The van der Waals surface area contributed by atoms with E-state index in [-0.39, 0.29) is 0 Å². The lowest BCUT2D eigenvalue weighted by Gasteiger charge is -2.29. The lowest BCUT2D eigenvalue weighted by Crippen LogP contribution is -2.40. The van der Waals surface area contributed by atoms with Gasteiger partial charge in [-0.3, -0.25) is 0 Å². The van der Waals surface area contributed by atoms with Crippen molar-refractivity contribution in [2.24, 2.45) is 0 Å². The van der Waals surface area contributed by atoms with Gasteiger partial charge in [-0.05, 0) is 6.07 Å². The first kappa shape index (κ1) is 15.9. The van der Waals surface area contributed by atoms with Crippen LogP contribution in [0.1, 0.15) is 26.5 Å². The molecule has 7 heteroatoms. The molecule has 5 nitrogen and oxygen atoms in total. The number of hydrogen-bond acceptors (Lipinski definition) is 4. The maximum atomic E-state index is 12.6. The number of nitrogens with zero attached hydrogens (tertiary/aromatic N) is 1. The van der Waals surface area contributed by atoms with Crippen molar-refractivity contribution in [2.75, 3.05) is 18.8 Å². The van der Waals surface area contributed by atoms with Gasteiger partial charge in [0.15, 0.2) is 0 Å². The van der Waals surface area contributed by atoms with Crippen LogP contribution in [0.25, 0.3) is 0 Å². The van der Waals surface area contributed by atoms with Gasteiger partial charge >= 0.3 is 0 Å². The van der Waals surface area contributed by atoms with E-state index in [0.29, 0.717) is 35.8 Å². The molecule has 0 bridgehead atoms. The minimum atomic E-state index is -3.35. The first-order chi connectivity index (χ1) is 9.39. The Hall–Kier alpha value is -0.500. The highest BCUT2D eigenvalue weighted by Crippen LogP contribution is 2.24. The second kappa shape index (κ2) is 6.51. The van der Waals surface area contributed by atoms with Crippen LogP contribution in [-0.2, 0) is 16.6 Å². The van der Waals surface area contributed by atoms with Gasteiger partial charge < -0.3 is 10.3 Å². The molecule has 1 saturated heterocycles. The topological polar surface area (TPSA) is 65.2 Å². The Bertz CT molecular complexity index is 540. The molecule has 0 saturated carbocycles. The number of H-pyrrole nitrogens is 1. The quantitative estimate of drug-likeness (QED) is 0.866. The SMILES string of the molecule is CC(C)NCc1cc(S(=O)(=O)N2CCSC(C)C2)c[nH]1. The summed E-state index contributed by atoms with van der Waals surface area (Å²) in [7, 11) is -3.35. The van der Waals surface area contributed by atoms with Crippen LogP contribution in [0.4, 0.5) is 0 Å². The normalized spacial score (nSPS) is 21.5. The van der Waals surface area contributed by atoms with Crippen LogP contribution in [0.15, 0.2) is 17.2 Å². The standard InChI is InChI=1S/C13H23N3O2S2/c1-10(2)14-7-12-6-13(8-15-12)20(17,18)16-4-5-19-11(3)9-16/h6,8,10-11,14-15H,4-5,7,9H2,1-3H3. The molecule has 1 aromatic rings. The Morgan fingerprint density at radius 2 is 2.30 bits per heavy atom. The summed E-state index contributed by atoms with van der Waals surface area (Å²) in [4.78, 5) is 3.42. The summed E-state index contributed by atoms with van der Waals surface area (Å²) in [6.07, 6.45) is 1.60. The van der Waals surface area contributed by atoms with Gasteiger partial charge in [-0.2, -0.15) is 16.1 Å². The van der Waals surface area contributed by atoms with E-state index in [9.17, 15) is 8.42 Å². The molecule has 1 aliphatic heterocycles. The Balaban J connectivity index is 2.09. The zero-order valence-corrected chi connectivity index (χ0v) is 13.9. The number of sulfonamides is 1. The van der Waals surface area contributed by atoms with Gasteiger partial charge in [0, 0.05) is 48.6 Å². The molecule has 1 atom stereocenters. The molecule has 1 aliphatic rings. The highest BCUT2D eigenvalue weighted by Gasteiger charge is 2.29. The minimum absolute atomic E-state index is 0.361. The molecule has 0 aromatic carbocycles. The summed E-state index contributed by atoms with van der Waals surface area (Å²) in [5.74, 6) is 0.868. The van der Waals surface area contributed by atoms with Gasteiger partial charge in [-0.25, -0.2) is 8.42 Å². The first-order valence-electron chi connectivity index (χ1n) is 6.92. The van der Waals surface area contributed by atoms with Crippen molar-refractivity contribution in [3.63, 3.8) is 0 Å². The number of aromatic nitrogens is 1. The van der Waals surface area contributed by atoms with E-state index < -0.39 is 10.0 Å². The van der Waals surface area contributed by atoms with Crippen molar-refractivity contribution in [1.29, 1.82) is 0 Å². The van der Waals surface area contributed by atoms with Crippen molar-refractivity contribution >= 4 is 21.8 Å². The van der Waals surface area contributed by atoms with Crippen LogP contribution in [-0.4, -0.2) is 47.8 Å². The Kier molecular flexibility index (Phi) is 5.17. The number of thioether (sulfide) groups is 1. The van der Waals surface area contributed by atoms with Crippen molar-refractivity contribution in [2.45, 2.75) is 43.5 Å². The van der Waals surface area contributed by atoms with E-state index in [1.54, 1.807) is 16.6 Å². The van der Waals surface area contributed by atoms with E-state index in [1.165, 1.54) is 0 Å². The third kappa shape index (κ3) is 3.78. The number of nitrogens with one attached hydrogen (secondary N) is 2. The van der Waals surface area contributed by atoms with Crippen molar-refractivity contribution < 1.29 is 8.42 Å². The molecule has 0 aliphatic carbocycles. The maximum Gasteiger partial charge on any atom is 0.244 e. The summed E-state index contributed by atoms with van der Waals surface area (Å²) in [6.45, 7) is 8.04. The molecule has 0 radical (unpaired) electrons. The van der Waals surface area contributed by atoms with Gasteiger partial charge in [-0.15, -0.1) is 0 Å². The Morgan fingerprint density at radius 3 is 2.95 bits per heavy atom. The van der Waals surface area contributed by atoms with Crippen LogP contribution < -0.4 is 5.32 Å². The van der Waals surface area contributed by atoms with Gasteiger partial charge in [-0.1, -0.05) is 20.8 Å². The van der Waals surface area contributed by atoms with Gasteiger partial charge in [0.25, 0.3) is 0 Å². The predicted molar refractivity (Wildman–Crippen MR) is 83.4 cm³/mol. The smallest absolute Gasteiger partial charge is 0.244 e. The average Bonchev–Trinajstić information content (AvgIpc) is 2.86. The largest absolute Gasteiger partial charge is 0.363 e. The second-order valence-electron chi connectivity index (χ2n) is 5.44. The summed E-state index contributed by atoms with van der Waals surface area (Å²) in [6, 6.07) is 2.11. The van der Waals surface area contributed by atoms with Crippen LogP contribution >= 0.6 is 11.8 Å². The molecule has 1 unspecified atom stereocenters. The summed E-state index contributed by atoms with van der Waals surface area (Å²) >= 11 is 1.83. The van der Waals surface area contributed by atoms with Crippen LogP contribution in [0.3, 0.4) is 0 Å². The van der Waals surface area contributed by atoms with E-state index in [0.717, 1.165) is 11.4 Å². The molecule has 2 heterocycles. The summed E-state index contributed by atoms with van der Waals surface area (Å²) in [5, 5.41) is 3.63. The van der Waals surface area contributed by atoms with Gasteiger partial charge in [0.1, 0.15) is 0 Å². The average molecular weight is 317 g/mol. The number of aromatic amines is 1. The third-order valence-corrected chi connectivity index (χ3v) is 6.24. The zero-order chi connectivity index (χ0) is 14.8. The van der Waals surface area contributed by atoms with E-state index >= 15 is 0 Å². The lowest BCUT2D eigenvalue weighted by atomic mass is 10.3. The van der Waals surface area contributed by atoms with Crippen molar-refractivity contribution in [3.8, 4) is 0 Å². The number of rotatable bonds is 5. The molecule has 0 spiro atoms. The summed E-state index contributed by atoms with van der Waals surface area (Å²) < 4.78 is 26.7. The summed E-state index contributed by atoms with van der Waals surface area (Å²) in [5.41, 5.74) is 0.900. The van der Waals surface area contributed by atoms with E-state index in [2.05, 4.69) is 31.1 Å². The minimum Gasteiger partial charge on any atom is -0.363 e. The fourth-order valence-corrected chi connectivity index (χ4v) is 4.91. The molecular weight excluding hydrogens is 294 g/mol. The molecule has 2 rings (SSSR count). The molecule has 1 aromatic heterocycles. The van der Waals surface area contributed by atoms with E-state index in [4.69, 9.17) is 0 Å². The first-order valence-corrected chi connectivity index (χ1v) is 9.41. The molecule has 114 valence electrons. The highest BCUT2D eigenvalue weighted by molar-refractivity contribution is 8.00. The lowest BCUT2D eigenvalue weighted by molar-refractivity contribution is 0.424. The Morgan fingerprint density at radius 1 is 1.55 bits per heavy atom. The highest BCUT2D eigenvalue weighted by atomic mass is 32.2. The Labute approximate surface area is 125 Å². The fraction of sp³-hybridized carbons (Fsp3) is 0.692. The van der Waals surface area contributed by atoms with Gasteiger partial charge in [0.05, 0.1) is 4.90 Å². The fourth-order valence-electron chi connectivity index (χ4n) is 2.14. The monoisotopic (exact) mass is 317 g/mol. The molecular formula is C13H23N3O2S2. The van der Waals surface area contributed by atoms with Crippen LogP contribution in [0, 0.1) is 0 Å². The van der Waals surface area contributed by atoms with E-state index in [1.807, 2.05) is 11.8 Å². The second-order valence-corrected chi connectivity index (χ2v) is 8.92. The van der Waals surface area contributed by atoms with Gasteiger partial charge in [0.2, 0.25) is 10.0 Å². The predicted octanol–water partition coefficient (Wildman–Crippen LogP) is 1.64. The molecule has 2 N–H and O–H groups in total. The zero-order valence-electron chi connectivity index (χ0n) is 12.2. The third-order valence-electron chi connectivity index (χ3n) is 3.26. The van der Waals surface area contributed by atoms with Crippen molar-refractivity contribution in [1.82, 2.24) is 14.6 Å². The maximum absolute atomic E-state index is 12.6. The number of hydrogen-bond donors (Lipinski definition) is 2. The molecule has 1 fully saturated rings. The molecule has 20 heavy (non-hydrogen) atoms. The van der Waals surface area contributed by atoms with Crippen molar-refractivity contribution in [3.05, 3.63) is 18.0 Å².